The lowest BCUT2D eigenvalue weighted by Gasteiger charge is -2.04. The minimum Gasteiger partial charge on any atom is -0.507 e. The molecule has 0 aliphatic carbocycles. The second kappa shape index (κ2) is 5.66. The van der Waals surface area contributed by atoms with Crippen LogP contribution >= 0.6 is 0 Å². The van der Waals surface area contributed by atoms with E-state index in [9.17, 15) is 15.0 Å². The monoisotopic (exact) mass is 285 g/mol. The van der Waals surface area contributed by atoms with Crippen molar-refractivity contribution in [1.29, 1.82) is 0 Å². The van der Waals surface area contributed by atoms with Gasteiger partial charge in [0.05, 0.1) is 5.69 Å². The number of hydrogen-bond donors (Lipinski definition) is 3. The number of nitrogens with zero attached hydrogens (tertiary/aromatic N) is 1. The molecule has 0 spiro atoms. The summed E-state index contributed by atoms with van der Waals surface area (Å²) >= 11 is 0. The quantitative estimate of drug-likeness (QED) is 0.755. The molecule has 0 saturated carbocycles. The van der Waals surface area contributed by atoms with Gasteiger partial charge in [-0.1, -0.05) is 0 Å². The molecule has 0 bridgehead atoms. The Hall–Kier alpha value is -2.82. The van der Waals surface area contributed by atoms with Crippen molar-refractivity contribution in [2.75, 3.05) is 0 Å². The maximum atomic E-state index is 10.9. The SMILES string of the molecule is Cc1cc(C=Nc2ccc(O)c(C(=O)O)c2)cc(C)c1O. The molecule has 0 atom stereocenters. The number of carbonyl (C=O) groups is 1. The Labute approximate surface area is 121 Å². The lowest BCUT2D eigenvalue weighted by molar-refractivity contribution is 0.0694. The molecule has 5 nitrogen and oxygen atoms in total. The maximum Gasteiger partial charge on any atom is 0.339 e. The summed E-state index contributed by atoms with van der Waals surface area (Å²) in [5.74, 6) is -1.25. The van der Waals surface area contributed by atoms with Crippen LogP contribution in [-0.2, 0) is 0 Å². The van der Waals surface area contributed by atoms with Gasteiger partial charge in [0, 0.05) is 6.21 Å². The van der Waals surface area contributed by atoms with Gasteiger partial charge in [-0.2, -0.15) is 0 Å². The van der Waals surface area contributed by atoms with Gasteiger partial charge in [-0.05, 0) is 60.9 Å². The third kappa shape index (κ3) is 3.20. The molecule has 0 fully saturated rings. The summed E-state index contributed by atoms with van der Waals surface area (Å²) in [6.45, 7) is 3.59. The van der Waals surface area contributed by atoms with Gasteiger partial charge in [-0.25, -0.2) is 4.79 Å². The molecular formula is C16H15NO4. The van der Waals surface area contributed by atoms with Crippen molar-refractivity contribution in [3.8, 4) is 11.5 Å². The molecule has 2 rings (SSSR count). The van der Waals surface area contributed by atoms with Gasteiger partial charge in [0.1, 0.15) is 17.1 Å². The number of aromatic carboxylic acids is 1. The van der Waals surface area contributed by atoms with Gasteiger partial charge in [0.2, 0.25) is 0 Å². The van der Waals surface area contributed by atoms with Crippen LogP contribution in [0.4, 0.5) is 5.69 Å². The maximum absolute atomic E-state index is 10.9. The molecule has 5 heteroatoms. The van der Waals surface area contributed by atoms with Crippen LogP contribution in [0.25, 0.3) is 0 Å². The van der Waals surface area contributed by atoms with Crippen LogP contribution in [0.3, 0.4) is 0 Å². The summed E-state index contributed by atoms with van der Waals surface area (Å²) < 4.78 is 0. The van der Waals surface area contributed by atoms with E-state index in [-0.39, 0.29) is 17.1 Å². The van der Waals surface area contributed by atoms with E-state index in [0.29, 0.717) is 5.69 Å². The smallest absolute Gasteiger partial charge is 0.339 e. The molecule has 0 unspecified atom stereocenters. The zero-order chi connectivity index (χ0) is 15.6. The molecule has 2 aromatic rings. The topological polar surface area (TPSA) is 90.1 Å². The van der Waals surface area contributed by atoms with Crippen molar-refractivity contribution in [3.63, 3.8) is 0 Å². The molecule has 0 aliphatic rings. The van der Waals surface area contributed by atoms with Crippen LogP contribution in [0, 0.1) is 13.8 Å². The molecule has 0 saturated heterocycles. The highest BCUT2D eigenvalue weighted by Gasteiger charge is 2.09. The van der Waals surface area contributed by atoms with Crippen LogP contribution in [0.1, 0.15) is 27.0 Å². The summed E-state index contributed by atoms with van der Waals surface area (Å²) in [4.78, 5) is 15.1. The summed E-state index contributed by atoms with van der Waals surface area (Å²) in [6.07, 6.45) is 1.58. The Kier molecular flexibility index (Phi) is 3.93. The van der Waals surface area contributed by atoms with Gasteiger partial charge in [0.25, 0.3) is 0 Å². The molecule has 2 aromatic carbocycles. The molecule has 0 aromatic heterocycles. The van der Waals surface area contributed by atoms with Gasteiger partial charge in [-0.15, -0.1) is 0 Å². The number of carboxylic acid groups (broad SMARTS) is 1. The number of hydrogen-bond acceptors (Lipinski definition) is 4. The Morgan fingerprint density at radius 2 is 1.71 bits per heavy atom. The van der Waals surface area contributed by atoms with E-state index in [0.717, 1.165) is 16.7 Å². The molecule has 0 amide bonds. The molecule has 0 radical (unpaired) electrons. The predicted octanol–water partition coefficient (Wildman–Crippen LogP) is 3.16. The second-order valence-corrected chi connectivity index (χ2v) is 4.77. The number of rotatable bonds is 3. The van der Waals surface area contributed by atoms with Crippen LogP contribution in [0.15, 0.2) is 35.3 Å². The number of aryl methyl sites for hydroxylation is 2. The Morgan fingerprint density at radius 1 is 1.10 bits per heavy atom. The molecule has 0 aliphatic heterocycles. The summed E-state index contributed by atoms with van der Waals surface area (Å²) in [5, 5.41) is 28.1. The van der Waals surface area contributed by atoms with Crippen molar-refractivity contribution in [1.82, 2.24) is 0 Å². The number of aliphatic imine (C=N–C) groups is 1. The normalized spacial score (nSPS) is 11.0. The first-order chi connectivity index (χ1) is 9.88. The summed E-state index contributed by atoms with van der Waals surface area (Å²) in [7, 11) is 0. The van der Waals surface area contributed by atoms with Crippen molar-refractivity contribution >= 4 is 17.9 Å². The van der Waals surface area contributed by atoms with E-state index in [2.05, 4.69) is 4.99 Å². The van der Waals surface area contributed by atoms with Gasteiger partial charge in [-0.3, -0.25) is 4.99 Å². The zero-order valence-electron chi connectivity index (χ0n) is 11.7. The molecule has 108 valence electrons. The Bertz CT molecular complexity index is 712. The first-order valence-corrected chi connectivity index (χ1v) is 6.29. The Morgan fingerprint density at radius 3 is 2.29 bits per heavy atom. The first kappa shape index (κ1) is 14.6. The summed E-state index contributed by atoms with van der Waals surface area (Å²) in [5.41, 5.74) is 2.52. The largest absolute Gasteiger partial charge is 0.507 e. The highest BCUT2D eigenvalue weighted by Crippen LogP contribution is 2.25. The van der Waals surface area contributed by atoms with Gasteiger partial charge < -0.3 is 15.3 Å². The third-order valence-corrected chi connectivity index (χ3v) is 3.09. The minimum atomic E-state index is -1.21. The van der Waals surface area contributed by atoms with Gasteiger partial charge >= 0.3 is 5.97 Å². The summed E-state index contributed by atoms with van der Waals surface area (Å²) in [6, 6.07) is 7.69. The first-order valence-electron chi connectivity index (χ1n) is 6.29. The van der Waals surface area contributed by atoms with E-state index in [1.54, 1.807) is 32.2 Å². The molecular weight excluding hydrogens is 270 g/mol. The van der Waals surface area contributed by atoms with Crippen LogP contribution in [0.5, 0.6) is 11.5 Å². The van der Waals surface area contributed by atoms with E-state index >= 15 is 0 Å². The average Bonchev–Trinajstić information content (AvgIpc) is 2.43. The van der Waals surface area contributed by atoms with E-state index in [1.807, 2.05) is 0 Å². The molecule has 3 N–H and O–H groups in total. The van der Waals surface area contributed by atoms with Crippen LogP contribution in [-0.4, -0.2) is 27.5 Å². The van der Waals surface area contributed by atoms with Gasteiger partial charge in [0.15, 0.2) is 0 Å². The fraction of sp³-hybridized carbons (Fsp3) is 0.125. The average molecular weight is 285 g/mol. The number of phenolic OH excluding ortho intramolecular Hbond substituents is 1. The van der Waals surface area contributed by atoms with Crippen molar-refractivity contribution in [2.45, 2.75) is 13.8 Å². The van der Waals surface area contributed by atoms with E-state index in [4.69, 9.17) is 5.11 Å². The van der Waals surface area contributed by atoms with Crippen LogP contribution in [0.2, 0.25) is 0 Å². The fourth-order valence-electron chi connectivity index (χ4n) is 1.99. The minimum absolute atomic E-state index is 0.192. The van der Waals surface area contributed by atoms with Crippen molar-refractivity contribution in [3.05, 3.63) is 52.6 Å². The molecule has 0 heterocycles. The number of benzene rings is 2. The molecule has 21 heavy (non-hydrogen) atoms. The van der Waals surface area contributed by atoms with E-state index in [1.165, 1.54) is 18.2 Å². The lowest BCUT2D eigenvalue weighted by Crippen LogP contribution is -1.96. The predicted molar refractivity (Wildman–Crippen MR) is 79.9 cm³/mol. The zero-order valence-corrected chi connectivity index (χ0v) is 11.7. The lowest BCUT2D eigenvalue weighted by atomic mass is 10.1. The van der Waals surface area contributed by atoms with Crippen molar-refractivity contribution in [2.24, 2.45) is 4.99 Å². The number of phenols is 2. The second-order valence-electron chi connectivity index (χ2n) is 4.77. The number of aromatic hydroxyl groups is 2. The van der Waals surface area contributed by atoms with Crippen molar-refractivity contribution < 1.29 is 20.1 Å². The van der Waals surface area contributed by atoms with Crippen LogP contribution < -0.4 is 0 Å². The standard InChI is InChI=1S/C16H15NO4/c1-9-5-11(6-10(2)15(9)19)8-17-12-3-4-14(18)13(7-12)16(20)21/h3-8,18-19H,1-2H3,(H,20,21). The third-order valence-electron chi connectivity index (χ3n) is 3.09. The number of carboxylic acids is 1. The highest BCUT2D eigenvalue weighted by molar-refractivity contribution is 5.92. The fourth-order valence-corrected chi connectivity index (χ4v) is 1.99. The van der Waals surface area contributed by atoms with E-state index < -0.39 is 5.97 Å². The highest BCUT2D eigenvalue weighted by atomic mass is 16.4. The Balaban J connectivity index is 2.34.